The van der Waals surface area contributed by atoms with Crippen LogP contribution in [-0.2, 0) is 17.8 Å². The van der Waals surface area contributed by atoms with E-state index >= 15 is 0 Å². The van der Waals surface area contributed by atoms with Crippen LogP contribution < -0.4 is 16.0 Å². The summed E-state index contributed by atoms with van der Waals surface area (Å²) in [4.78, 5) is 30.6. The molecule has 2 atom stereocenters. The first kappa shape index (κ1) is 24.6. The van der Waals surface area contributed by atoms with Gasteiger partial charge in [-0.05, 0) is 54.5 Å². The molecule has 0 aliphatic heterocycles. The average molecular weight is 492 g/mol. The van der Waals surface area contributed by atoms with Gasteiger partial charge >= 0.3 is 5.69 Å². The molecular formula is C27H29N3O4S. The topological polar surface area (TPSA) is 74.8 Å². The zero-order valence-electron chi connectivity index (χ0n) is 20.0. The summed E-state index contributed by atoms with van der Waals surface area (Å²) in [5.41, 5.74) is 0.902. The number of methoxy groups -OCH3 is 2. The van der Waals surface area contributed by atoms with Crippen LogP contribution in [0.1, 0.15) is 12.0 Å². The van der Waals surface area contributed by atoms with Crippen molar-refractivity contribution in [3.05, 3.63) is 105 Å². The lowest BCUT2D eigenvalue weighted by molar-refractivity contribution is 0.299. The molecule has 0 radical (unpaired) electrons. The quantitative estimate of drug-likeness (QED) is 0.205. The fourth-order valence-corrected chi connectivity index (χ4v) is 5.27. The Morgan fingerprint density at radius 1 is 1.23 bits per heavy atom. The normalized spacial score (nSPS) is 20.6. The summed E-state index contributed by atoms with van der Waals surface area (Å²) in [5, 5.41) is 0.623. The lowest BCUT2D eigenvalue weighted by atomic mass is 9.98. The fourth-order valence-electron chi connectivity index (χ4n) is 4.28. The third-order valence-corrected chi connectivity index (χ3v) is 7.57. The van der Waals surface area contributed by atoms with Gasteiger partial charge in [-0.15, -0.1) is 11.8 Å². The maximum atomic E-state index is 13.7. The van der Waals surface area contributed by atoms with Crippen LogP contribution in [0.2, 0.25) is 0 Å². The second-order valence-electron chi connectivity index (χ2n) is 8.65. The minimum atomic E-state index is -0.332. The second-order valence-corrected chi connectivity index (χ2v) is 9.65. The van der Waals surface area contributed by atoms with E-state index < -0.39 is 0 Å². The number of allylic oxidation sites excluding steroid dienone is 4. The molecule has 0 spiro atoms. The highest BCUT2D eigenvalue weighted by atomic mass is 32.2. The number of ether oxygens (including phenoxy) is 2. The van der Waals surface area contributed by atoms with Crippen molar-refractivity contribution in [2.45, 2.75) is 24.5 Å². The highest BCUT2D eigenvalue weighted by Crippen LogP contribution is 2.58. The van der Waals surface area contributed by atoms with Crippen molar-refractivity contribution < 1.29 is 9.47 Å². The molecule has 0 amide bonds. The fraction of sp³-hybridized carbons (Fsp3) is 0.296. The summed E-state index contributed by atoms with van der Waals surface area (Å²) < 4.78 is 13.6. The number of nitrogens with zero attached hydrogens (tertiary/aromatic N) is 3. The minimum absolute atomic E-state index is 0.150. The third kappa shape index (κ3) is 5.27. The van der Waals surface area contributed by atoms with Gasteiger partial charge in [0.1, 0.15) is 11.5 Å². The molecule has 1 fully saturated rings. The second kappa shape index (κ2) is 10.4. The maximum Gasteiger partial charge on any atom is 0.332 e. The van der Waals surface area contributed by atoms with Crippen LogP contribution in [0.15, 0.2) is 98.4 Å². The Balaban J connectivity index is 1.70. The van der Waals surface area contributed by atoms with Crippen LogP contribution in [0, 0.1) is 11.3 Å². The molecule has 2 aliphatic rings. The van der Waals surface area contributed by atoms with Gasteiger partial charge in [-0.2, -0.15) is 0 Å². The molecule has 0 bridgehead atoms. The van der Waals surface area contributed by atoms with E-state index in [2.05, 4.69) is 30.4 Å². The summed E-state index contributed by atoms with van der Waals surface area (Å²) in [5.74, 6) is 2.39. The number of fused-ring (bicyclic) bond motifs is 1. The first-order valence-corrected chi connectivity index (χ1v) is 12.2. The first-order chi connectivity index (χ1) is 16.9. The van der Waals surface area contributed by atoms with E-state index in [1.165, 1.54) is 16.3 Å². The largest absolute Gasteiger partial charge is 0.497 e. The van der Waals surface area contributed by atoms with E-state index in [9.17, 15) is 9.59 Å². The van der Waals surface area contributed by atoms with Crippen molar-refractivity contribution in [1.29, 1.82) is 0 Å². The predicted octanol–water partition coefficient (Wildman–Crippen LogP) is 4.04. The summed E-state index contributed by atoms with van der Waals surface area (Å²) in [6.45, 7) is 7.97. The number of hydrogen-bond acceptors (Lipinski definition) is 6. The number of hydrogen-bond donors (Lipinski definition) is 0. The zero-order valence-corrected chi connectivity index (χ0v) is 20.8. The predicted molar refractivity (Wildman–Crippen MR) is 140 cm³/mol. The number of thioether (sulfide) groups is 1. The molecule has 1 aromatic heterocycles. The van der Waals surface area contributed by atoms with E-state index in [0.717, 1.165) is 29.1 Å². The van der Waals surface area contributed by atoms with Crippen molar-refractivity contribution in [2.75, 3.05) is 20.0 Å². The summed E-state index contributed by atoms with van der Waals surface area (Å²) in [7, 11) is 3.25. The van der Waals surface area contributed by atoms with Crippen LogP contribution in [-0.4, -0.2) is 35.8 Å². The maximum absolute atomic E-state index is 13.7. The summed E-state index contributed by atoms with van der Waals surface area (Å²) in [6, 6.07) is 8.91. The van der Waals surface area contributed by atoms with E-state index in [-0.39, 0.29) is 23.2 Å². The van der Waals surface area contributed by atoms with Crippen LogP contribution in [0.5, 0.6) is 5.75 Å². The highest BCUT2D eigenvalue weighted by Gasteiger charge is 2.53. The molecule has 1 saturated carbocycles. The molecule has 1 heterocycles. The van der Waals surface area contributed by atoms with Crippen LogP contribution in [0.25, 0.3) is 0 Å². The van der Waals surface area contributed by atoms with Gasteiger partial charge in [0.25, 0.3) is 5.56 Å². The number of benzene rings is 1. The first-order valence-electron chi connectivity index (χ1n) is 11.3. The van der Waals surface area contributed by atoms with E-state index in [4.69, 9.17) is 9.47 Å². The number of aromatic nitrogens is 2. The van der Waals surface area contributed by atoms with Gasteiger partial charge in [0, 0.05) is 30.0 Å². The third-order valence-electron chi connectivity index (χ3n) is 6.46. The molecule has 2 unspecified atom stereocenters. The molecule has 2 aromatic rings. The molecule has 0 N–H and O–H groups in total. The van der Waals surface area contributed by atoms with Crippen molar-refractivity contribution in [3.8, 4) is 5.75 Å². The van der Waals surface area contributed by atoms with Gasteiger partial charge in [0.05, 0.1) is 25.8 Å². The summed E-state index contributed by atoms with van der Waals surface area (Å²) >= 11 is 1.42. The van der Waals surface area contributed by atoms with E-state index in [1.807, 2.05) is 30.3 Å². The summed E-state index contributed by atoms with van der Waals surface area (Å²) in [6.07, 6.45) is 10.5. The van der Waals surface area contributed by atoms with Crippen LogP contribution in [0.3, 0.4) is 0 Å². The molecule has 8 heteroatoms. The van der Waals surface area contributed by atoms with Gasteiger partial charge < -0.3 is 9.47 Å². The lowest BCUT2D eigenvalue weighted by Gasteiger charge is -2.21. The molecule has 35 heavy (non-hydrogen) atoms. The molecule has 4 rings (SSSR count). The molecule has 7 nitrogen and oxygen atoms in total. The molecule has 2 aliphatic carbocycles. The molecule has 0 saturated heterocycles. The van der Waals surface area contributed by atoms with Crippen molar-refractivity contribution in [3.63, 3.8) is 0 Å². The Morgan fingerprint density at radius 2 is 2.00 bits per heavy atom. The Kier molecular flexibility index (Phi) is 7.31. The average Bonchev–Trinajstić information content (AvgIpc) is 3.59. The van der Waals surface area contributed by atoms with E-state index in [1.54, 1.807) is 37.1 Å². The van der Waals surface area contributed by atoms with Crippen molar-refractivity contribution >= 4 is 18.5 Å². The van der Waals surface area contributed by atoms with Crippen LogP contribution in [0.4, 0.5) is 0 Å². The Labute approximate surface area is 208 Å². The smallest absolute Gasteiger partial charge is 0.332 e. The van der Waals surface area contributed by atoms with Gasteiger partial charge in [-0.25, -0.2) is 4.79 Å². The van der Waals surface area contributed by atoms with E-state index in [0.29, 0.717) is 23.2 Å². The SMILES string of the molecule is C=C/C(=C\N=C)CSc1cc(=O)n(Cc2ccc(OC)cc2)c(=O)n1CC12C=CC(OC)=CC1C2. The molecular weight excluding hydrogens is 462 g/mol. The van der Waals surface area contributed by atoms with Crippen molar-refractivity contribution in [1.82, 2.24) is 9.13 Å². The molecule has 182 valence electrons. The van der Waals surface area contributed by atoms with Crippen molar-refractivity contribution in [2.24, 2.45) is 16.3 Å². The Hall–Kier alpha value is -3.52. The molecule has 1 aromatic carbocycles. The zero-order chi connectivity index (χ0) is 25.0. The van der Waals surface area contributed by atoms with Gasteiger partial charge in [0.15, 0.2) is 0 Å². The Bertz CT molecular complexity index is 1330. The van der Waals surface area contributed by atoms with Gasteiger partial charge in [-0.1, -0.05) is 30.9 Å². The lowest BCUT2D eigenvalue weighted by Crippen LogP contribution is -2.41. The monoisotopic (exact) mass is 491 g/mol. The van der Waals surface area contributed by atoms with Gasteiger partial charge in [0.2, 0.25) is 0 Å². The minimum Gasteiger partial charge on any atom is -0.497 e. The number of rotatable bonds is 11. The standard InChI is InChI=1S/C27H29N3O4S/c1-5-19(15-28-2)17-35-25-13-24(31)29(16-20-6-8-22(33-3)9-7-20)26(32)30(25)18-27-11-10-23(34-4)12-21(27)14-27/h5-13,15,21H,1-2,14,16-18H2,3-4H3/b19-15+. The Morgan fingerprint density at radius 3 is 2.63 bits per heavy atom. The highest BCUT2D eigenvalue weighted by molar-refractivity contribution is 7.99. The number of aliphatic imine (C=N–C) groups is 1. The van der Waals surface area contributed by atoms with Crippen LogP contribution >= 0.6 is 11.8 Å². The van der Waals surface area contributed by atoms with Gasteiger partial charge in [-0.3, -0.25) is 18.9 Å².